The highest BCUT2D eigenvalue weighted by Crippen LogP contribution is 2.56. The molecule has 0 aliphatic carbocycles. The van der Waals surface area contributed by atoms with Gasteiger partial charge in [-0.25, -0.2) is 0 Å². The summed E-state index contributed by atoms with van der Waals surface area (Å²) in [5.74, 6) is -0.712. The van der Waals surface area contributed by atoms with Gasteiger partial charge in [-0.2, -0.15) is 0 Å². The Balaban J connectivity index is 5.73. The van der Waals surface area contributed by atoms with E-state index in [9.17, 15) is 0 Å². The van der Waals surface area contributed by atoms with E-state index in [1.54, 1.807) is 0 Å². The van der Waals surface area contributed by atoms with Crippen molar-refractivity contribution in [1.29, 1.82) is 0 Å². The first kappa shape index (κ1) is 31.1. The molecule has 27 heavy (non-hydrogen) atoms. The largest absolute Gasteiger partial charge is 0.119 e. The smallest absolute Gasteiger partial charge is 0.105 e. The van der Waals surface area contributed by atoms with Gasteiger partial charge in [0.25, 0.3) is 0 Å². The molecule has 0 spiro atoms. The van der Waals surface area contributed by atoms with E-state index < -0.39 is 50.6 Å². The molecular formula is C13H14Cl14. The average molecular weight is 667 g/mol. The zero-order valence-electron chi connectivity index (χ0n) is 13.0. The SMILES string of the molecule is ClC(Cl)C(CCCC(C(Cl)Cl)(C(Cl)Cl)C(Cl)Cl)C(C(Cl)Cl)(C(Cl)Cl)C(Cl)Cl. The van der Waals surface area contributed by atoms with Crippen LogP contribution in [0.1, 0.15) is 19.3 Å². The zero-order chi connectivity index (χ0) is 21.7. The summed E-state index contributed by atoms with van der Waals surface area (Å²) in [7, 11) is 0. The van der Waals surface area contributed by atoms with E-state index in [4.69, 9.17) is 162 Å². The summed E-state index contributed by atoms with van der Waals surface area (Å²) in [5, 5.41) is 0. The molecule has 0 aromatic heterocycles. The summed E-state index contributed by atoms with van der Waals surface area (Å²) < 4.78 is 0. The minimum atomic E-state index is -1.43. The molecule has 0 aromatic rings. The van der Waals surface area contributed by atoms with Crippen LogP contribution >= 0.6 is 162 Å². The summed E-state index contributed by atoms with van der Waals surface area (Å²) in [6.45, 7) is 0. The molecule has 0 radical (unpaired) electrons. The lowest BCUT2D eigenvalue weighted by Crippen LogP contribution is -2.50. The van der Waals surface area contributed by atoms with E-state index in [-0.39, 0.29) is 12.8 Å². The predicted molar refractivity (Wildman–Crippen MR) is 131 cm³/mol. The second kappa shape index (κ2) is 13.7. The normalized spacial score (nSPS) is 15.4. The fraction of sp³-hybridized carbons (Fsp3) is 1.00. The first-order chi connectivity index (χ1) is 12.2. The van der Waals surface area contributed by atoms with Gasteiger partial charge in [0.1, 0.15) is 33.9 Å². The van der Waals surface area contributed by atoms with Gasteiger partial charge in [-0.05, 0) is 12.8 Å². The highest BCUT2D eigenvalue weighted by Gasteiger charge is 2.56. The van der Waals surface area contributed by atoms with E-state index in [0.717, 1.165) is 0 Å². The van der Waals surface area contributed by atoms with E-state index in [2.05, 4.69) is 0 Å². The first-order valence-electron chi connectivity index (χ1n) is 7.17. The van der Waals surface area contributed by atoms with Gasteiger partial charge in [0.05, 0.1) is 10.8 Å². The van der Waals surface area contributed by atoms with Crippen LogP contribution in [-0.2, 0) is 0 Å². The molecule has 164 valence electrons. The lowest BCUT2D eigenvalue weighted by atomic mass is 9.76. The Morgan fingerprint density at radius 2 is 0.815 bits per heavy atom. The molecule has 1 unspecified atom stereocenters. The molecule has 0 aromatic carbocycles. The third kappa shape index (κ3) is 7.27. The average Bonchev–Trinajstić information content (AvgIpc) is 2.47. The number of halogens is 14. The third-order valence-corrected chi connectivity index (χ3v) is 9.74. The molecule has 0 heterocycles. The maximum atomic E-state index is 6.16. The van der Waals surface area contributed by atoms with Crippen LogP contribution < -0.4 is 0 Å². The zero-order valence-corrected chi connectivity index (χ0v) is 23.6. The van der Waals surface area contributed by atoms with Gasteiger partial charge < -0.3 is 0 Å². The molecule has 0 N–H and O–H groups in total. The first-order valence-corrected chi connectivity index (χ1v) is 13.3. The van der Waals surface area contributed by atoms with Crippen molar-refractivity contribution in [2.75, 3.05) is 0 Å². The maximum Gasteiger partial charge on any atom is 0.119 e. The number of alkyl halides is 14. The Morgan fingerprint density at radius 1 is 0.481 bits per heavy atom. The fourth-order valence-corrected chi connectivity index (χ4v) is 9.49. The van der Waals surface area contributed by atoms with Crippen LogP contribution in [0, 0.1) is 16.7 Å². The Labute approximate surface area is 229 Å². The van der Waals surface area contributed by atoms with Crippen LogP contribution in [0.15, 0.2) is 0 Å². The van der Waals surface area contributed by atoms with Crippen LogP contribution in [0.4, 0.5) is 0 Å². The van der Waals surface area contributed by atoms with Crippen LogP contribution in [0.3, 0.4) is 0 Å². The number of hydrogen-bond acceptors (Lipinski definition) is 0. The summed E-state index contributed by atoms with van der Waals surface area (Å²) in [5.41, 5.74) is -2.66. The maximum absolute atomic E-state index is 6.16. The Bertz CT molecular complexity index is 378. The Morgan fingerprint density at radius 3 is 1.04 bits per heavy atom. The van der Waals surface area contributed by atoms with Crippen molar-refractivity contribution < 1.29 is 0 Å². The van der Waals surface area contributed by atoms with Gasteiger partial charge in [-0.3, -0.25) is 0 Å². The number of hydrogen-bond donors (Lipinski definition) is 0. The quantitative estimate of drug-likeness (QED) is 0.182. The van der Waals surface area contributed by atoms with E-state index in [0.29, 0.717) is 6.42 Å². The molecule has 0 amide bonds. The Kier molecular flexibility index (Phi) is 15.7. The van der Waals surface area contributed by atoms with Gasteiger partial charge in [-0.1, -0.05) is 6.42 Å². The van der Waals surface area contributed by atoms with E-state index in [1.165, 1.54) is 0 Å². The lowest BCUT2D eigenvalue weighted by Gasteiger charge is -2.45. The third-order valence-electron chi connectivity index (χ3n) is 4.42. The van der Waals surface area contributed by atoms with Crippen molar-refractivity contribution in [1.82, 2.24) is 0 Å². The molecule has 0 aliphatic rings. The van der Waals surface area contributed by atoms with Gasteiger partial charge in [0.15, 0.2) is 0 Å². The second-order valence-corrected chi connectivity index (χ2v) is 13.5. The molecule has 0 saturated heterocycles. The van der Waals surface area contributed by atoms with Crippen LogP contribution in [0.2, 0.25) is 0 Å². The van der Waals surface area contributed by atoms with E-state index >= 15 is 0 Å². The molecule has 14 heteroatoms. The number of rotatable bonds is 12. The van der Waals surface area contributed by atoms with Crippen molar-refractivity contribution in [3.05, 3.63) is 0 Å². The second-order valence-electron chi connectivity index (χ2n) is 5.75. The lowest BCUT2D eigenvalue weighted by molar-refractivity contribution is 0.197. The van der Waals surface area contributed by atoms with Crippen molar-refractivity contribution in [3.63, 3.8) is 0 Å². The van der Waals surface area contributed by atoms with Gasteiger partial charge >= 0.3 is 0 Å². The minimum Gasteiger partial charge on any atom is -0.105 e. The molecule has 0 nitrogen and oxygen atoms in total. The summed E-state index contributed by atoms with van der Waals surface area (Å²) >= 11 is 85.5. The fourth-order valence-electron chi connectivity index (χ4n) is 2.61. The van der Waals surface area contributed by atoms with Crippen LogP contribution in [-0.4, -0.2) is 33.9 Å². The van der Waals surface area contributed by atoms with Gasteiger partial charge in [-0.15, -0.1) is 162 Å². The minimum absolute atomic E-state index is 0.215. The van der Waals surface area contributed by atoms with E-state index in [1.807, 2.05) is 0 Å². The molecule has 0 bridgehead atoms. The molecular weight excluding hydrogens is 652 g/mol. The topological polar surface area (TPSA) is 0 Å². The summed E-state index contributed by atoms with van der Waals surface area (Å²) in [6.07, 6.45) is 0.835. The van der Waals surface area contributed by atoms with Gasteiger partial charge in [0.2, 0.25) is 0 Å². The summed E-state index contributed by atoms with van der Waals surface area (Å²) in [6, 6.07) is 0. The highest BCUT2D eigenvalue weighted by molar-refractivity contribution is 6.54. The molecule has 0 aliphatic heterocycles. The molecule has 0 saturated carbocycles. The monoisotopic (exact) mass is 660 g/mol. The van der Waals surface area contributed by atoms with Crippen molar-refractivity contribution in [2.45, 2.75) is 53.1 Å². The molecule has 1 atom stereocenters. The van der Waals surface area contributed by atoms with Crippen LogP contribution in [0.5, 0.6) is 0 Å². The Hall–Kier alpha value is 4.06. The molecule has 0 fully saturated rings. The highest BCUT2D eigenvalue weighted by atomic mass is 35.6. The van der Waals surface area contributed by atoms with Crippen molar-refractivity contribution in [2.24, 2.45) is 16.7 Å². The molecule has 0 rings (SSSR count). The van der Waals surface area contributed by atoms with Crippen molar-refractivity contribution >= 4 is 162 Å². The standard InChI is InChI=1S/C13H14Cl14/c14-5(15)4(13(9(22)23,10(24)25)11(26)27)2-1-3-12(6(16)17,7(18)19)8(20)21/h4-11H,1-3H2. The summed E-state index contributed by atoms with van der Waals surface area (Å²) in [4.78, 5) is -7.71. The van der Waals surface area contributed by atoms with Crippen molar-refractivity contribution in [3.8, 4) is 0 Å². The predicted octanol–water partition coefficient (Wildman–Crippen LogP) is 10.4. The van der Waals surface area contributed by atoms with Crippen LogP contribution in [0.25, 0.3) is 0 Å². The van der Waals surface area contributed by atoms with Gasteiger partial charge in [0, 0.05) is 5.92 Å².